The number of amides is 2. The molecule has 0 atom stereocenters. The predicted octanol–water partition coefficient (Wildman–Crippen LogP) is 3.21. The second kappa shape index (κ2) is 9.09. The fraction of sp³-hybridized carbons (Fsp3) is 0.263. The number of carbonyl (C=O) groups is 1. The summed E-state index contributed by atoms with van der Waals surface area (Å²) >= 11 is 7.50. The van der Waals surface area contributed by atoms with Gasteiger partial charge in [-0.25, -0.2) is 22.8 Å². The number of sulfonamides is 1. The Bertz CT molecular complexity index is 1290. The number of fused-ring (bicyclic) bond motifs is 1. The number of halogens is 1. The molecule has 11 nitrogen and oxygen atoms in total. The molecule has 0 aliphatic carbocycles. The van der Waals surface area contributed by atoms with Crippen molar-refractivity contribution in [3.8, 4) is 17.2 Å². The van der Waals surface area contributed by atoms with Gasteiger partial charge in [0.25, 0.3) is 15.9 Å². The molecule has 3 aromatic rings. The van der Waals surface area contributed by atoms with E-state index in [1.54, 1.807) is 18.4 Å². The van der Waals surface area contributed by atoms with Crippen LogP contribution in [0.5, 0.6) is 17.2 Å². The van der Waals surface area contributed by atoms with E-state index >= 15 is 0 Å². The van der Waals surface area contributed by atoms with Gasteiger partial charge in [0.1, 0.15) is 16.4 Å². The van der Waals surface area contributed by atoms with E-state index in [-0.39, 0.29) is 58.5 Å². The molecule has 0 fully saturated rings. The zero-order valence-electron chi connectivity index (χ0n) is 17.3. The molecule has 0 unspecified atom stereocenters. The summed E-state index contributed by atoms with van der Waals surface area (Å²) in [6.07, 6.45) is 0.0636. The van der Waals surface area contributed by atoms with Crippen LogP contribution in [0.2, 0.25) is 5.02 Å². The van der Waals surface area contributed by atoms with Crippen LogP contribution in [0.3, 0.4) is 0 Å². The van der Waals surface area contributed by atoms with E-state index in [0.29, 0.717) is 11.3 Å². The van der Waals surface area contributed by atoms with Crippen LogP contribution in [0.1, 0.15) is 11.3 Å². The highest BCUT2D eigenvalue weighted by Gasteiger charge is 2.36. The number of rotatable bonds is 7. The van der Waals surface area contributed by atoms with E-state index in [4.69, 9.17) is 30.3 Å². The summed E-state index contributed by atoms with van der Waals surface area (Å²) < 4.78 is 49.3. The van der Waals surface area contributed by atoms with Gasteiger partial charge in [-0.05, 0) is 36.4 Å². The van der Waals surface area contributed by atoms with Crippen LogP contribution in [0, 0.1) is 6.92 Å². The Morgan fingerprint density at radius 1 is 1.42 bits per heavy atom. The molecule has 0 saturated carbocycles. The van der Waals surface area contributed by atoms with Crippen LogP contribution in [-0.4, -0.2) is 45.2 Å². The third-order valence-electron chi connectivity index (χ3n) is 4.69. The summed E-state index contributed by atoms with van der Waals surface area (Å²) in [5.41, 5.74) is 0.701. The van der Waals surface area contributed by atoms with Gasteiger partial charge in [-0.2, -0.15) is 11.3 Å². The summed E-state index contributed by atoms with van der Waals surface area (Å²) in [7, 11) is -2.88. The lowest BCUT2D eigenvalue weighted by Gasteiger charge is -2.25. The first kappa shape index (κ1) is 23.2. The van der Waals surface area contributed by atoms with Crippen molar-refractivity contribution < 1.29 is 37.1 Å². The number of aliphatic hydroxyl groups is 1. The average Bonchev–Trinajstić information content (AvgIpc) is 3.52. The third kappa shape index (κ3) is 4.19. The molecular weight excluding hydrogens is 498 g/mol. The van der Waals surface area contributed by atoms with Crippen LogP contribution in [0.15, 0.2) is 32.3 Å². The van der Waals surface area contributed by atoms with Gasteiger partial charge in [0.05, 0.1) is 12.0 Å². The second-order valence-electron chi connectivity index (χ2n) is 6.72. The van der Waals surface area contributed by atoms with Crippen molar-refractivity contribution in [3.63, 3.8) is 0 Å². The average molecular weight is 516 g/mol. The molecule has 4 rings (SSSR count). The third-order valence-corrected chi connectivity index (χ3v) is 7.27. The molecule has 3 heterocycles. The highest BCUT2D eigenvalue weighted by atomic mass is 35.5. The normalized spacial score (nSPS) is 12.6. The number of aryl methyl sites for hydroxylation is 1. The van der Waals surface area contributed by atoms with E-state index in [1.165, 1.54) is 18.6 Å². The summed E-state index contributed by atoms with van der Waals surface area (Å²) in [5.74, 6) is 0.343. The van der Waals surface area contributed by atoms with Crippen molar-refractivity contribution in [2.45, 2.75) is 18.2 Å². The summed E-state index contributed by atoms with van der Waals surface area (Å²) in [6.45, 7) is 1.18. The first-order chi connectivity index (χ1) is 15.8. The molecule has 14 heteroatoms. The van der Waals surface area contributed by atoms with Gasteiger partial charge < -0.3 is 23.8 Å². The maximum Gasteiger partial charge on any atom is 0.343 e. The van der Waals surface area contributed by atoms with Crippen molar-refractivity contribution in [2.24, 2.45) is 0 Å². The molecule has 1 aliphatic rings. The smallest absolute Gasteiger partial charge is 0.343 e. The van der Waals surface area contributed by atoms with Gasteiger partial charge in [0, 0.05) is 12.0 Å². The number of hydrogen-bond donors (Lipinski definition) is 2. The van der Waals surface area contributed by atoms with Crippen molar-refractivity contribution in [1.29, 1.82) is 0 Å². The fourth-order valence-corrected chi connectivity index (χ4v) is 5.32. The number of methoxy groups -OCH3 is 1. The highest BCUT2D eigenvalue weighted by Crippen LogP contribution is 2.51. The molecule has 0 saturated heterocycles. The van der Waals surface area contributed by atoms with Crippen LogP contribution < -0.4 is 23.8 Å². The maximum absolute atomic E-state index is 13.4. The van der Waals surface area contributed by atoms with Gasteiger partial charge in [0.15, 0.2) is 11.5 Å². The standard InChI is InChI=1S/C19H18ClN3O8S2/c1-10-14(20)18(31-21-10)23(19(25)22-33(26,27)12-4-6-32-8-12)15-11(3-5-24)7-13-16(17(15)28-2)30-9-29-13/h4,6-8,24H,3,5,9H2,1-2H3,(H,22,25). The lowest BCUT2D eigenvalue weighted by molar-refractivity contribution is 0.171. The molecule has 0 radical (unpaired) electrons. The van der Waals surface area contributed by atoms with Crippen molar-refractivity contribution >= 4 is 50.6 Å². The van der Waals surface area contributed by atoms with Crippen LogP contribution in [0.25, 0.3) is 0 Å². The van der Waals surface area contributed by atoms with Gasteiger partial charge >= 0.3 is 6.03 Å². The molecule has 1 aliphatic heterocycles. The van der Waals surface area contributed by atoms with Crippen molar-refractivity contribution in [2.75, 3.05) is 25.4 Å². The number of nitrogens with zero attached hydrogens (tertiary/aromatic N) is 2. The van der Waals surface area contributed by atoms with Crippen molar-refractivity contribution in [1.82, 2.24) is 9.88 Å². The number of anilines is 2. The Labute approximate surface area is 197 Å². The molecule has 2 N–H and O–H groups in total. The van der Waals surface area contributed by atoms with Gasteiger partial charge in [0.2, 0.25) is 12.5 Å². The first-order valence-electron chi connectivity index (χ1n) is 9.39. The molecule has 0 spiro atoms. The number of benzene rings is 1. The largest absolute Gasteiger partial charge is 0.491 e. The fourth-order valence-electron chi connectivity index (χ4n) is 3.20. The topological polar surface area (TPSA) is 140 Å². The zero-order chi connectivity index (χ0) is 23.8. The first-order valence-corrected chi connectivity index (χ1v) is 12.2. The summed E-state index contributed by atoms with van der Waals surface area (Å²) in [5, 5.41) is 16.3. The van der Waals surface area contributed by atoms with Crippen LogP contribution in [-0.2, 0) is 16.4 Å². The summed E-state index contributed by atoms with van der Waals surface area (Å²) in [4.78, 5) is 14.2. The van der Waals surface area contributed by atoms with E-state index < -0.39 is 16.1 Å². The molecular formula is C19H18ClN3O8S2. The van der Waals surface area contributed by atoms with Gasteiger partial charge in [-0.15, -0.1) is 0 Å². The monoisotopic (exact) mass is 515 g/mol. The Hall–Kier alpha value is -3.00. The predicted molar refractivity (Wildman–Crippen MR) is 118 cm³/mol. The van der Waals surface area contributed by atoms with Gasteiger partial charge in [-0.3, -0.25) is 0 Å². The molecule has 1 aromatic carbocycles. The number of aromatic nitrogens is 1. The number of hydrogen-bond acceptors (Lipinski definition) is 10. The lowest BCUT2D eigenvalue weighted by Crippen LogP contribution is -2.41. The van der Waals surface area contributed by atoms with E-state index in [0.717, 1.165) is 16.2 Å². The minimum absolute atomic E-state index is 0.0206. The Balaban J connectivity index is 1.91. The Morgan fingerprint density at radius 3 is 2.82 bits per heavy atom. The number of thiophene rings is 1. The zero-order valence-corrected chi connectivity index (χ0v) is 19.7. The van der Waals surface area contributed by atoms with E-state index in [2.05, 4.69) is 5.16 Å². The number of urea groups is 1. The maximum atomic E-state index is 13.4. The number of nitrogens with one attached hydrogen (secondary N) is 1. The minimum Gasteiger partial charge on any atom is -0.491 e. The van der Waals surface area contributed by atoms with E-state index in [9.17, 15) is 18.3 Å². The SMILES string of the molecule is COc1c2c(cc(CCO)c1N(C(=O)NS(=O)(=O)c1ccsc1)c1onc(C)c1Cl)OCO2. The summed E-state index contributed by atoms with van der Waals surface area (Å²) in [6, 6.07) is 1.80. The second-order valence-corrected chi connectivity index (χ2v) is 9.56. The highest BCUT2D eigenvalue weighted by molar-refractivity contribution is 7.90. The Morgan fingerprint density at radius 2 is 2.21 bits per heavy atom. The van der Waals surface area contributed by atoms with Gasteiger partial charge in [-0.1, -0.05) is 16.8 Å². The van der Waals surface area contributed by atoms with Crippen LogP contribution in [0.4, 0.5) is 16.4 Å². The molecule has 2 aromatic heterocycles. The number of carbonyl (C=O) groups excluding carboxylic acids is 1. The molecule has 0 bridgehead atoms. The van der Waals surface area contributed by atoms with E-state index in [1.807, 2.05) is 4.72 Å². The molecule has 33 heavy (non-hydrogen) atoms. The quantitative estimate of drug-likeness (QED) is 0.485. The Kier molecular flexibility index (Phi) is 6.38. The number of aliphatic hydroxyl groups excluding tert-OH is 1. The molecule has 2 amide bonds. The van der Waals surface area contributed by atoms with Crippen LogP contribution >= 0.6 is 22.9 Å². The molecule has 176 valence electrons. The number of ether oxygens (including phenoxy) is 3. The van der Waals surface area contributed by atoms with Crippen molar-refractivity contribution in [3.05, 3.63) is 39.2 Å². The minimum atomic E-state index is -4.22. The lowest BCUT2D eigenvalue weighted by atomic mass is 10.1.